The van der Waals surface area contributed by atoms with Gasteiger partial charge in [0.05, 0.1) is 0 Å². The summed E-state index contributed by atoms with van der Waals surface area (Å²) in [6, 6.07) is 7.09. The highest BCUT2D eigenvalue weighted by Gasteiger charge is 2.23. The third-order valence-corrected chi connectivity index (χ3v) is 3.68. The van der Waals surface area contributed by atoms with Gasteiger partial charge in [-0.2, -0.15) is 0 Å². The zero-order valence-electron chi connectivity index (χ0n) is 9.96. The molecule has 2 N–H and O–H groups in total. The van der Waals surface area contributed by atoms with E-state index in [1.807, 2.05) is 0 Å². The van der Waals surface area contributed by atoms with Crippen LogP contribution in [0.2, 0.25) is 0 Å². The number of benzene rings is 1. The molecule has 0 amide bonds. The van der Waals surface area contributed by atoms with Crippen LogP contribution in [0.25, 0.3) is 0 Å². The largest absolute Gasteiger partial charge is 0.324 e. The van der Waals surface area contributed by atoms with Crippen LogP contribution in [-0.4, -0.2) is 0 Å². The van der Waals surface area contributed by atoms with Gasteiger partial charge in [-0.15, -0.1) is 0 Å². The molecule has 82 valence electrons. The van der Waals surface area contributed by atoms with Crippen molar-refractivity contribution in [1.29, 1.82) is 0 Å². The van der Waals surface area contributed by atoms with E-state index in [0.717, 1.165) is 0 Å². The Bertz CT molecular complexity index is 354. The van der Waals surface area contributed by atoms with Crippen molar-refractivity contribution in [3.8, 4) is 0 Å². The Balaban J connectivity index is 2.41. The summed E-state index contributed by atoms with van der Waals surface area (Å²) in [5.74, 6) is 1.22. The molecular formula is C14H21N. The molecule has 0 saturated heterocycles. The van der Waals surface area contributed by atoms with Gasteiger partial charge in [-0.25, -0.2) is 0 Å². The van der Waals surface area contributed by atoms with Crippen LogP contribution in [-0.2, 0) is 6.42 Å². The van der Waals surface area contributed by atoms with Crippen molar-refractivity contribution < 1.29 is 0 Å². The molecule has 2 atom stereocenters. The lowest BCUT2D eigenvalue weighted by Gasteiger charge is -2.29. The first-order valence-electron chi connectivity index (χ1n) is 5.98. The predicted octanol–water partition coefficient (Wildman–Crippen LogP) is 3.39. The summed E-state index contributed by atoms with van der Waals surface area (Å²) in [7, 11) is 0. The average molecular weight is 203 g/mol. The van der Waals surface area contributed by atoms with Gasteiger partial charge in [-0.3, -0.25) is 0 Å². The summed E-state index contributed by atoms with van der Waals surface area (Å²) in [6.07, 6.45) is 2.43. The van der Waals surface area contributed by atoms with E-state index in [1.165, 1.54) is 29.5 Å². The third-order valence-electron chi connectivity index (χ3n) is 3.68. The molecule has 0 aliphatic heterocycles. The van der Waals surface area contributed by atoms with Crippen LogP contribution in [0.5, 0.6) is 0 Å². The SMILES string of the molecule is CC(C)c1ccc2c(c1)C(N)C(C)CC2. The lowest BCUT2D eigenvalue weighted by Crippen LogP contribution is -2.25. The quantitative estimate of drug-likeness (QED) is 0.744. The van der Waals surface area contributed by atoms with Crippen molar-refractivity contribution in [3.05, 3.63) is 34.9 Å². The predicted molar refractivity (Wildman–Crippen MR) is 64.9 cm³/mol. The Morgan fingerprint density at radius 2 is 2.07 bits per heavy atom. The topological polar surface area (TPSA) is 26.0 Å². The van der Waals surface area contributed by atoms with Crippen molar-refractivity contribution in [1.82, 2.24) is 0 Å². The fourth-order valence-corrected chi connectivity index (χ4v) is 2.38. The summed E-state index contributed by atoms with van der Waals surface area (Å²) in [4.78, 5) is 0. The van der Waals surface area contributed by atoms with Gasteiger partial charge in [-0.1, -0.05) is 39.0 Å². The number of nitrogens with two attached hydrogens (primary N) is 1. The molecule has 0 fully saturated rings. The molecule has 1 aliphatic carbocycles. The lowest BCUT2D eigenvalue weighted by molar-refractivity contribution is 0.411. The van der Waals surface area contributed by atoms with Crippen LogP contribution < -0.4 is 5.73 Å². The molecule has 1 aromatic rings. The molecule has 0 saturated carbocycles. The van der Waals surface area contributed by atoms with Crippen LogP contribution in [0.1, 0.15) is 55.8 Å². The molecule has 0 aromatic heterocycles. The molecule has 1 aromatic carbocycles. The van der Waals surface area contributed by atoms with E-state index < -0.39 is 0 Å². The molecule has 1 heteroatoms. The normalized spacial score (nSPS) is 25.4. The molecule has 2 rings (SSSR count). The van der Waals surface area contributed by atoms with Gasteiger partial charge < -0.3 is 5.73 Å². The summed E-state index contributed by atoms with van der Waals surface area (Å²) in [5, 5.41) is 0. The first kappa shape index (κ1) is 10.7. The highest BCUT2D eigenvalue weighted by Crippen LogP contribution is 2.34. The molecular weight excluding hydrogens is 182 g/mol. The van der Waals surface area contributed by atoms with Gasteiger partial charge in [-0.05, 0) is 41.4 Å². The van der Waals surface area contributed by atoms with Crippen LogP contribution in [0.3, 0.4) is 0 Å². The zero-order chi connectivity index (χ0) is 11.0. The molecule has 0 spiro atoms. The second-order valence-electron chi connectivity index (χ2n) is 5.15. The van der Waals surface area contributed by atoms with Crippen LogP contribution in [0.4, 0.5) is 0 Å². The highest BCUT2D eigenvalue weighted by molar-refractivity contribution is 5.37. The third kappa shape index (κ3) is 1.93. The summed E-state index contributed by atoms with van der Waals surface area (Å²) >= 11 is 0. The van der Waals surface area contributed by atoms with Gasteiger partial charge in [0.2, 0.25) is 0 Å². The Morgan fingerprint density at radius 3 is 2.73 bits per heavy atom. The Kier molecular flexibility index (Phi) is 2.83. The number of aryl methyl sites for hydroxylation is 1. The first-order valence-corrected chi connectivity index (χ1v) is 5.98. The monoisotopic (exact) mass is 203 g/mol. The zero-order valence-corrected chi connectivity index (χ0v) is 9.96. The van der Waals surface area contributed by atoms with E-state index in [-0.39, 0.29) is 6.04 Å². The van der Waals surface area contributed by atoms with E-state index in [2.05, 4.69) is 39.0 Å². The van der Waals surface area contributed by atoms with E-state index in [1.54, 1.807) is 0 Å². The van der Waals surface area contributed by atoms with E-state index in [4.69, 9.17) is 5.73 Å². The molecule has 0 bridgehead atoms. The smallest absolute Gasteiger partial charge is 0.0323 e. The first-order chi connectivity index (χ1) is 7.09. The molecule has 0 radical (unpaired) electrons. The fraction of sp³-hybridized carbons (Fsp3) is 0.571. The van der Waals surface area contributed by atoms with Crippen molar-refractivity contribution in [2.24, 2.45) is 11.7 Å². The average Bonchev–Trinajstić information content (AvgIpc) is 2.23. The number of fused-ring (bicyclic) bond motifs is 1. The van der Waals surface area contributed by atoms with Crippen molar-refractivity contribution in [2.75, 3.05) is 0 Å². The standard InChI is InChI=1S/C14H21N/c1-9(2)12-7-6-11-5-4-10(3)14(15)13(11)8-12/h6-10,14H,4-5,15H2,1-3H3. The Hall–Kier alpha value is -0.820. The highest BCUT2D eigenvalue weighted by atomic mass is 14.7. The maximum atomic E-state index is 6.26. The van der Waals surface area contributed by atoms with E-state index in [9.17, 15) is 0 Å². The van der Waals surface area contributed by atoms with Gasteiger partial charge in [0.25, 0.3) is 0 Å². The lowest BCUT2D eigenvalue weighted by atomic mass is 9.80. The van der Waals surface area contributed by atoms with E-state index >= 15 is 0 Å². The maximum Gasteiger partial charge on any atom is 0.0323 e. The minimum Gasteiger partial charge on any atom is -0.324 e. The minimum atomic E-state index is 0.243. The second kappa shape index (κ2) is 3.97. The van der Waals surface area contributed by atoms with Gasteiger partial charge in [0, 0.05) is 6.04 Å². The maximum absolute atomic E-state index is 6.26. The van der Waals surface area contributed by atoms with Crippen molar-refractivity contribution in [2.45, 2.75) is 45.6 Å². The molecule has 1 aliphatic rings. The van der Waals surface area contributed by atoms with Crippen LogP contribution in [0.15, 0.2) is 18.2 Å². The summed E-state index contributed by atoms with van der Waals surface area (Å²) in [6.45, 7) is 6.73. The Labute approximate surface area is 92.7 Å². The Morgan fingerprint density at radius 1 is 1.33 bits per heavy atom. The fourth-order valence-electron chi connectivity index (χ4n) is 2.38. The number of hydrogen-bond donors (Lipinski definition) is 1. The summed E-state index contributed by atoms with van der Waals surface area (Å²) in [5.41, 5.74) is 10.5. The van der Waals surface area contributed by atoms with Crippen molar-refractivity contribution in [3.63, 3.8) is 0 Å². The van der Waals surface area contributed by atoms with Gasteiger partial charge >= 0.3 is 0 Å². The minimum absolute atomic E-state index is 0.243. The van der Waals surface area contributed by atoms with Crippen molar-refractivity contribution >= 4 is 0 Å². The summed E-state index contributed by atoms with van der Waals surface area (Å²) < 4.78 is 0. The number of hydrogen-bond acceptors (Lipinski definition) is 1. The molecule has 15 heavy (non-hydrogen) atoms. The molecule has 2 unspecified atom stereocenters. The van der Waals surface area contributed by atoms with Gasteiger partial charge in [0.1, 0.15) is 0 Å². The van der Waals surface area contributed by atoms with Crippen LogP contribution >= 0.6 is 0 Å². The van der Waals surface area contributed by atoms with Gasteiger partial charge in [0.15, 0.2) is 0 Å². The number of rotatable bonds is 1. The second-order valence-corrected chi connectivity index (χ2v) is 5.15. The van der Waals surface area contributed by atoms with Crippen LogP contribution in [0, 0.1) is 5.92 Å². The van der Waals surface area contributed by atoms with E-state index in [0.29, 0.717) is 11.8 Å². The molecule has 0 heterocycles. The molecule has 1 nitrogen and oxygen atoms in total.